The summed E-state index contributed by atoms with van der Waals surface area (Å²) in [6.45, 7) is 0. The number of nitrogens with zero attached hydrogens (tertiary/aromatic N) is 1. The maximum Gasteiger partial charge on any atom is 0.339 e. The van der Waals surface area contributed by atoms with Gasteiger partial charge in [-0.15, -0.1) is 0 Å². The molecule has 1 aromatic rings. The van der Waals surface area contributed by atoms with Gasteiger partial charge < -0.3 is 9.84 Å². The van der Waals surface area contributed by atoms with Crippen LogP contribution in [0.15, 0.2) is 18.3 Å². The van der Waals surface area contributed by atoms with Crippen molar-refractivity contribution in [2.24, 2.45) is 0 Å². The van der Waals surface area contributed by atoms with Crippen LogP contribution < -0.4 is 0 Å². The van der Waals surface area contributed by atoms with Crippen LogP contribution in [-0.2, 0) is 9.53 Å². The van der Waals surface area contributed by atoms with Gasteiger partial charge in [0, 0.05) is 13.3 Å². The zero-order valence-corrected chi connectivity index (χ0v) is 6.90. The van der Waals surface area contributed by atoms with Crippen LogP contribution in [-0.4, -0.2) is 23.2 Å². The normalized spacial score (nSPS) is 12.5. The SMILES string of the molecule is COC(C(=O)O)c1ncccc1F. The predicted molar refractivity (Wildman–Crippen MR) is 41.6 cm³/mol. The Labute approximate surface area is 74.0 Å². The molecule has 5 heteroatoms. The van der Waals surface area contributed by atoms with Gasteiger partial charge in [-0.1, -0.05) is 0 Å². The molecule has 4 nitrogen and oxygen atoms in total. The summed E-state index contributed by atoms with van der Waals surface area (Å²) in [5.74, 6) is -1.95. The number of carboxylic acid groups (broad SMARTS) is 1. The molecule has 0 amide bonds. The second kappa shape index (κ2) is 3.95. The van der Waals surface area contributed by atoms with Crippen molar-refractivity contribution in [2.45, 2.75) is 6.10 Å². The van der Waals surface area contributed by atoms with Crippen molar-refractivity contribution < 1.29 is 19.0 Å². The van der Waals surface area contributed by atoms with Gasteiger partial charge in [0.1, 0.15) is 11.5 Å². The molecule has 1 aromatic heterocycles. The van der Waals surface area contributed by atoms with Crippen LogP contribution in [0.1, 0.15) is 11.8 Å². The molecule has 0 radical (unpaired) electrons. The fourth-order valence-corrected chi connectivity index (χ4v) is 0.920. The molecular weight excluding hydrogens is 177 g/mol. The highest BCUT2D eigenvalue weighted by molar-refractivity contribution is 5.73. The van der Waals surface area contributed by atoms with E-state index in [9.17, 15) is 9.18 Å². The summed E-state index contributed by atoms with van der Waals surface area (Å²) in [4.78, 5) is 14.1. The number of hydrogen-bond donors (Lipinski definition) is 1. The van der Waals surface area contributed by atoms with Crippen molar-refractivity contribution in [1.82, 2.24) is 4.98 Å². The van der Waals surface area contributed by atoms with E-state index in [1.54, 1.807) is 0 Å². The van der Waals surface area contributed by atoms with E-state index in [0.717, 1.165) is 6.07 Å². The van der Waals surface area contributed by atoms with E-state index >= 15 is 0 Å². The minimum Gasteiger partial charge on any atom is -0.479 e. The lowest BCUT2D eigenvalue weighted by molar-refractivity contribution is -0.149. The lowest BCUT2D eigenvalue weighted by Crippen LogP contribution is -2.16. The molecule has 0 aromatic carbocycles. The Bertz CT molecular complexity index is 316. The van der Waals surface area contributed by atoms with E-state index in [1.165, 1.54) is 19.4 Å². The van der Waals surface area contributed by atoms with Gasteiger partial charge in [-0.25, -0.2) is 9.18 Å². The van der Waals surface area contributed by atoms with Gasteiger partial charge >= 0.3 is 5.97 Å². The van der Waals surface area contributed by atoms with Gasteiger partial charge in [0.2, 0.25) is 0 Å². The summed E-state index contributed by atoms with van der Waals surface area (Å²) in [5.41, 5.74) is -0.211. The zero-order chi connectivity index (χ0) is 9.84. The minimum absolute atomic E-state index is 0.211. The number of aliphatic carboxylic acids is 1. The lowest BCUT2D eigenvalue weighted by Gasteiger charge is -2.09. The van der Waals surface area contributed by atoms with E-state index in [0.29, 0.717) is 0 Å². The molecule has 0 saturated heterocycles. The van der Waals surface area contributed by atoms with E-state index < -0.39 is 17.9 Å². The average molecular weight is 185 g/mol. The Morgan fingerprint density at radius 1 is 1.77 bits per heavy atom. The van der Waals surface area contributed by atoms with Gasteiger partial charge in [0.15, 0.2) is 6.10 Å². The molecule has 1 rings (SSSR count). The van der Waals surface area contributed by atoms with Crippen molar-refractivity contribution in [3.8, 4) is 0 Å². The first-order valence-corrected chi connectivity index (χ1v) is 3.53. The minimum atomic E-state index is -1.35. The van der Waals surface area contributed by atoms with Gasteiger partial charge in [0.25, 0.3) is 0 Å². The monoisotopic (exact) mass is 185 g/mol. The maximum absolute atomic E-state index is 13.0. The van der Waals surface area contributed by atoms with Crippen molar-refractivity contribution in [2.75, 3.05) is 7.11 Å². The average Bonchev–Trinajstić information content (AvgIpc) is 2.09. The number of halogens is 1. The van der Waals surface area contributed by atoms with Gasteiger partial charge in [-0.3, -0.25) is 4.98 Å². The third-order valence-corrected chi connectivity index (χ3v) is 1.50. The Balaban J connectivity index is 3.04. The molecule has 0 bridgehead atoms. The lowest BCUT2D eigenvalue weighted by atomic mass is 10.2. The second-order valence-electron chi connectivity index (χ2n) is 2.32. The molecule has 0 fully saturated rings. The Kier molecular flexibility index (Phi) is 2.92. The molecule has 70 valence electrons. The highest BCUT2D eigenvalue weighted by atomic mass is 19.1. The standard InChI is InChI=1S/C8H8FNO3/c1-13-7(8(11)12)6-5(9)3-2-4-10-6/h2-4,7H,1H3,(H,11,12). The molecule has 0 aliphatic carbocycles. The van der Waals surface area contributed by atoms with Gasteiger partial charge in [0.05, 0.1) is 0 Å². The summed E-state index contributed by atoms with van der Waals surface area (Å²) in [6, 6.07) is 2.52. The van der Waals surface area contributed by atoms with Gasteiger partial charge in [-0.05, 0) is 12.1 Å². The third-order valence-electron chi connectivity index (χ3n) is 1.50. The highest BCUT2D eigenvalue weighted by Crippen LogP contribution is 2.16. The molecule has 0 aliphatic heterocycles. The van der Waals surface area contributed by atoms with E-state index in [-0.39, 0.29) is 5.69 Å². The van der Waals surface area contributed by atoms with Crippen molar-refractivity contribution in [3.05, 3.63) is 29.8 Å². The molecule has 13 heavy (non-hydrogen) atoms. The summed E-state index contributed by atoms with van der Waals surface area (Å²) in [7, 11) is 1.19. The summed E-state index contributed by atoms with van der Waals surface area (Å²) in [6.07, 6.45) is -0.0332. The van der Waals surface area contributed by atoms with Crippen LogP contribution in [0.3, 0.4) is 0 Å². The molecule has 0 aliphatic rings. The molecule has 1 heterocycles. The van der Waals surface area contributed by atoms with Gasteiger partial charge in [-0.2, -0.15) is 0 Å². The first-order valence-electron chi connectivity index (χ1n) is 3.53. The zero-order valence-electron chi connectivity index (χ0n) is 6.90. The topological polar surface area (TPSA) is 59.4 Å². The molecular formula is C8H8FNO3. The smallest absolute Gasteiger partial charge is 0.339 e. The highest BCUT2D eigenvalue weighted by Gasteiger charge is 2.23. The molecule has 1 atom stereocenters. The quantitative estimate of drug-likeness (QED) is 0.762. The Morgan fingerprint density at radius 2 is 2.46 bits per heavy atom. The third kappa shape index (κ3) is 2.00. The van der Waals surface area contributed by atoms with Crippen LogP contribution in [0.2, 0.25) is 0 Å². The van der Waals surface area contributed by atoms with Crippen LogP contribution in [0.5, 0.6) is 0 Å². The molecule has 1 N–H and O–H groups in total. The summed E-state index contributed by atoms with van der Waals surface area (Å²) >= 11 is 0. The van der Waals surface area contributed by atoms with Crippen molar-refractivity contribution in [3.63, 3.8) is 0 Å². The summed E-state index contributed by atoms with van der Waals surface area (Å²) < 4.78 is 17.6. The number of methoxy groups -OCH3 is 1. The van der Waals surface area contributed by atoms with Crippen LogP contribution in [0.25, 0.3) is 0 Å². The second-order valence-corrected chi connectivity index (χ2v) is 2.32. The van der Waals surface area contributed by atoms with E-state index in [2.05, 4.69) is 9.72 Å². The molecule has 1 unspecified atom stereocenters. The fourth-order valence-electron chi connectivity index (χ4n) is 0.920. The van der Waals surface area contributed by atoms with Crippen molar-refractivity contribution >= 4 is 5.97 Å². The first kappa shape index (κ1) is 9.60. The fraction of sp³-hybridized carbons (Fsp3) is 0.250. The summed E-state index contributed by atoms with van der Waals surface area (Å²) in [5, 5.41) is 8.62. The number of carboxylic acids is 1. The largest absolute Gasteiger partial charge is 0.479 e. The van der Waals surface area contributed by atoms with Crippen LogP contribution in [0, 0.1) is 5.82 Å². The number of hydrogen-bond acceptors (Lipinski definition) is 3. The number of carbonyl (C=O) groups is 1. The molecule has 0 spiro atoms. The number of pyridine rings is 1. The maximum atomic E-state index is 13.0. The van der Waals surface area contributed by atoms with E-state index in [1.807, 2.05) is 0 Å². The first-order chi connectivity index (χ1) is 6.16. The number of rotatable bonds is 3. The predicted octanol–water partition coefficient (Wildman–Crippen LogP) is 0.993. The van der Waals surface area contributed by atoms with Crippen molar-refractivity contribution in [1.29, 1.82) is 0 Å². The van der Waals surface area contributed by atoms with E-state index in [4.69, 9.17) is 5.11 Å². The number of ether oxygens (including phenoxy) is 1. The van der Waals surface area contributed by atoms with Crippen LogP contribution >= 0.6 is 0 Å². The Hall–Kier alpha value is -1.49. The Morgan fingerprint density at radius 3 is 2.92 bits per heavy atom. The van der Waals surface area contributed by atoms with Crippen LogP contribution in [0.4, 0.5) is 4.39 Å². The molecule has 0 saturated carbocycles. The number of aromatic nitrogens is 1.